The summed E-state index contributed by atoms with van der Waals surface area (Å²) in [6.45, 7) is 3.83. The Balaban J connectivity index is 1.67. The molecule has 6 nitrogen and oxygen atoms in total. The van der Waals surface area contributed by atoms with E-state index in [9.17, 15) is 14.4 Å². The lowest BCUT2D eigenvalue weighted by atomic mass is 10.1. The summed E-state index contributed by atoms with van der Waals surface area (Å²) in [6.07, 6.45) is 1.11. The first-order chi connectivity index (χ1) is 13.0. The number of carbonyl (C=O) groups is 3. The highest BCUT2D eigenvalue weighted by atomic mass is 16.2. The summed E-state index contributed by atoms with van der Waals surface area (Å²) >= 11 is 0. The molecule has 0 saturated carbocycles. The second-order valence-corrected chi connectivity index (χ2v) is 6.68. The fraction of sp³-hybridized carbons (Fsp3) is 0.286. The Hall–Kier alpha value is -3.15. The van der Waals surface area contributed by atoms with Crippen molar-refractivity contribution in [3.05, 3.63) is 54.1 Å². The van der Waals surface area contributed by atoms with E-state index in [0.29, 0.717) is 17.9 Å². The molecule has 3 amide bonds. The zero-order chi connectivity index (χ0) is 19.4. The molecule has 1 heterocycles. The molecular weight excluding hydrogens is 342 g/mol. The van der Waals surface area contributed by atoms with Crippen LogP contribution in [-0.2, 0) is 20.8 Å². The van der Waals surface area contributed by atoms with Crippen LogP contribution in [0.15, 0.2) is 48.5 Å². The summed E-state index contributed by atoms with van der Waals surface area (Å²) in [7, 11) is 0. The Bertz CT molecular complexity index is 861. The molecular formula is C21H23N3O3. The summed E-state index contributed by atoms with van der Waals surface area (Å²) in [6, 6.07) is 14.8. The number of nitrogens with zero attached hydrogens (tertiary/aromatic N) is 1. The van der Waals surface area contributed by atoms with Gasteiger partial charge in [0.05, 0.1) is 5.92 Å². The summed E-state index contributed by atoms with van der Waals surface area (Å²) in [5.74, 6) is -0.844. The fourth-order valence-electron chi connectivity index (χ4n) is 3.16. The molecule has 0 radical (unpaired) electrons. The molecule has 1 fully saturated rings. The minimum atomic E-state index is -0.409. The van der Waals surface area contributed by atoms with Crippen LogP contribution in [0.4, 0.5) is 17.1 Å². The Morgan fingerprint density at radius 2 is 1.81 bits per heavy atom. The second kappa shape index (κ2) is 8.03. The lowest BCUT2D eigenvalue weighted by molar-refractivity contribution is -0.122. The predicted octanol–water partition coefficient (Wildman–Crippen LogP) is 3.20. The molecule has 1 saturated heterocycles. The van der Waals surface area contributed by atoms with E-state index in [4.69, 9.17) is 0 Å². The van der Waals surface area contributed by atoms with Crippen molar-refractivity contribution >= 4 is 34.8 Å². The molecule has 0 aromatic heterocycles. The van der Waals surface area contributed by atoms with Gasteiger partial charge in [0.2, 0.25) is 17.7 Å². The Morgan fingerprint density at radius 3 is 2.48 bits per heavy atom. The zero-order valence-corrected chi connectivity index (χ0v) is 15.5. The average Bonchev–Trinajstić information content (AvgIpc) is 3.04. The first-order valence-electron chi connectivity index (χ1n) is 9.04. The van der Waals surface area contributed by atoms with Crippen LogP contribution in [-0.4, -0.2) is 24.3 Å². The molecule has 2 aromatic carbocycles. The summed E-state index contributed by atoms with van der Waals surface area (Å²) in [5.41, 5.74) is 3.23. The standard InChI is InChI=1S/C21H23N3O3/c1-3-15-7-9-17(10-8-15)23-21(27)16-11-20(26)24(13-16)19-6-4-5-18(12-19)22-14(2)25/h4-10,12,16H,3,11,13H2,1-2H3,(H,22,25)(H,23,27). The fourth-order valence-corrected chi connectivity index (χ4v) is 3.16. The molecule has 3 rings (SSSR count). The van der Waals surface area contributed by atoms with Crippen LogP contribution < -0.4 is 15.5 Å². The van der Waals surface area contributed by atoms with Crippen LogP contribution in [0.1, 0.15) is 25.8 Å². The van der Waals surface area contributed by atoms with Gasteiger partial charge in [0.25, 0.3) is 0 Å². The summed E-state index contributed by atoms with van der Waals surface area (Å²) in [4.78, 5) is 37.8. The van der Waals surface area contributed by atoms with Crippen molar-refractivity contribution in [2.75, 3.05) is 22.1 Å². The maximum atomic E-state index is 12.6. The highest BCUT2D eigenvalue weighted by Gasteiger charge is 2.35. The monoisotopic (exact) mass is 365 g/mol. The number of nitrogens with one attached hydrogen (secondary N) is 2. The van der Waals surface area contributed by atoms with Crippen molar-refractivity contribution in [3.8, 4) is 0 Å². The van der Waals surface area contributed by atoms with Crippen LogP contribution in [0.25, 0.3) is 0 Å². The van der Waals surface area contributed by atoms with Crippen LogP contribution in [0.5, 0.6) is 0 Å². The van der Waals surface area contributed by atoms with E-state index in [1.54, 1.807) is 29.2 Å². The number of hydrogen-bond acceptors (Lipinski definition) is 3. The minimum absolute atomic E-state index is 0.101. The lowest BCUT2D eigenvalue weighted by Gasteiger charge is -2.18. The second-order valence-electron chi connectivity index (χ2n) is 6.68. The molecule has 0 bridgehead atoms. The largest absolute Gasteiger partial charge is 0.326 e. The molecule has 1 aliphatic rings. The Kier molecular flexibility index (Phi) is 5.54. The molecule has 27 heavy (non-hydrogen) atoms. The van der Waals surface area contributed by atoms with E-state index in [-0.39, 0.29) is 24.1 Å². The van der Waals surface area contributed by atoms with Crippen molar-refractivity contribution in [2.24, 2.45) is 5.92 Å². The number of aryl methyl sites for hydroxylation is 1. The van der Waals surface area contributed by atoms with Gasteiger partial charge in [-0.1, -0.05) is 25.1 Å². The Morgan fingerprint density at radius 1 is 1.07 bits per heavy atom. The van der Waals surface area contributed by atoms with Gasteiger partial charge in [-0.3, -0.25) is 14.4 Å². The normalized spacial score (nSPS) is 16.3. The van der Waals surface area contributed by atoms with Gasteiger partial charge in [-0.25, -0.2) is 0 Å². The van der Waals surface area contributed by atoms with Gasteiger partial charge in [0.15, 0.2) is 0 Å². The number of carbonyl (C=O) groups excluding carboxylic acids is 3. The van der Waals surface area contributed by atoms with Crippen molar-refractivity contribution in [1.82, 2.24) is 0 Å². The molecule has 0 spiro atoms. The van der Waals surface area contributed by atoms with Gasteiger partial charge < -0.3 is 15.5 Å². The first-order valence-corrected chi connectivity index (χ1v) is 9.04. The smallest absolute Gasteiger partial charge is 0.229 e. The van der Waals surface area contributed by atoms with E-state index >= 15 is 0 Å². The third kappa shape index (κ3) is 4.53. The maximum Gasteiger partial charge on any atom is 0.229 e. The quantitative estimate of drug-likeness (QED) is 0.854. The molecule has 2 N–H and O–H groups in total. The maximum absolute atomic E-state index is 12.6. The van der Waals surface area contributed by atoms with Crippen LogP contribution >= 0.6 is 0 Å². The van der Waals surface area contributed by atoms with E-state index in [2.05, 4.69) is 17.6 Å². The van der Waals surface area contributed by atoms with Gasteiger partial charge in [0.1, 0.15) is 0 Å². The molecule has 1 aliphatic heterocycles. The van der Waals surface area contributed by atoms with Crippen molar-refractivity contribution < 1.29 is 14.4 Å². The number of hydrogen-bond donors (Lipinski definition) is 2. The van der Waals surface area contributed by atoms with Crippen LogP contribution in [0.2, 0.25) is 0 Å². The third-order valence-electron chi connectivity index (χ3n) is 4.60. The van der Waals surface area contributed by atoms with Crippen molar-refractivity contribution in [3.63, 3.8) is 0 Å². The van der Waals surface area contributed by atoms with Gasteiger partial charge in [-0.15, -0.1) is 0 Å². The topological polar surface area (TPSA) is 78.5 Å². The molecule has 1 atom stereocenters. The lowest BCUT2D eigenvalue weighted by Crippen LogP contribution is -2.28. The number of amides is 3. The van der Waals surface area contributed by atoms with Gasteiger partial charge in [-0.05, 0) is 42.3 Å². The SMILES string of the molecule is CCc1ccc(NC(=O)C2CC(=O)N(c3cccc(NC(C)=O)c3)C2)cc1. The summed E-state index contributed by atoms with van der Waals surface area (Å²) < 4.78 is 0. The van der Waals surface area contributed by atoms with Gasteiger partial charge in [-0.2, -0.15) is 0 Å². The van der Waals surface area contributed by atoms with Gasteiger partial charge >= 0.3 is 0 Å². The molecule has 6 heteroatoms. The van der Waals surface area contributed by atoms with Crippen LogP contribution in [0, 0.1) is 5.92 Å². The zero-order valence-electron chi connectivity index (χ0n) is 15.5. The highest BCUT2D eigenvalue weighted by Crippen LogP contribution is 2.28. The van der Waals surface area contributed by atoms with E-state index in [1.165, 1.54) is 12.5 Å². The van der Waals surface area contributed by atoms with Crippen molar-refractivity contribution in [2.45, 2.75) is 26.7 Å². The minimum Gasteiger partial charge on any atom is -0.326 e. The van der Waals surface area contributed by atoms with Crippen LogP contribution in [0.3, 0.4) is 0 Å². The predicted molar refractivity (Wildman–Crippen MR) is 106 cm³/mol. The average molecular weight is 365 g/mol. The van der Waals surface area contributed by atoms with Crippen molar-refractivity contribution in [1.29, 1.82) is 0 Å². The van der Waals surface area contributed by atoms with E-state index < -0.39 is 5.92 Å². The summed E-state index contributed by atoms with van der Waals surface area (Å²) in [5, 5.41) is 5.59. The Labute approximate surface area is 158 Å². The molecule has 140 valence electrons. The van der Waals surface area contributed by atoms with E-state index in [1.807, 2.05) is 24.3 Å². The third-order valence-corrected chi connectivity index (χ3v) is 4.60. The van der Waals surface area contributed by atoms with E-state index in [0.717, 1.165) is 12.1 Å². The van der Waals surface area contributed by atoms with Gasteiger partial charge in [0, 0.05) is 37.0 Å². The molecule has 0 aliphatic carbocycles. The highest BCUT2D eigenvalue weighted by molar-refractivity contribution is 6.04. The number of rotatable bonds is 5. The molecule has 1 unspecified atom stereocenters. The first kappa shape index (κ1) is 18.6. The number of anilines is 3. The molecule has 2 aromatic rings. The number of benzene rings is 2.